The highest BCUT2D eigenvalue weighted by Gasteiger charge is 2.11. The minimum Gasteiger partial charge on any atom is -0.478 e. The molecule has 0 bridgehead atoms. The van der Waals surface area contributed by atoms with Crippen LogP contribution in [0.3, 0.4) is 0 Å². The number of benzene rings is 2. The van der Waals surface area contributed by atoms with E-state index in [1.54, 1.807) is 12.1 Å². The van der Waals surface area contributed by atoms with Crippen LogP contribution in [0.1, 0.15) is 10.4 Å². The van der Waals surface area contributed by atoms with Crippen LogP contribution in [-0.4, -0.2) is 11.1 Å². The minimum atomic E-state index is -0.941. The summed E-state index contributed by atoms with van der Waals surface area (Å²) in [5.41, 5.74) is 6.51. The summed E-state index contributed by atoms with van der Waals surface area (Å²) >= 11 is 1.40. The number of hydrogen-bond donors (Lipinski definition) is 2. The summed E-state index contributed by atoms with van der Waals surface area (Å²) in [7, 11) is 0. The van der Waals surface area contributed by atoms with Crippen LogP contribution in [-0.2, 0) is 0 Å². The fourth-order valence-electron chi connectivity index (χ4n) is 1.42. The van der Waals surface area contributed by atoms with Crippen molar-refractivity contribution in [1.29, 1.82) is 0 Å². The van der Waals surface area contributed by atoms with E-state index in [1.165, 1.54) is 17.8 Å². The maximum atomic E-state index is 11.1. The highest BCUT2D eigenvalue weighted by Crippen LogP contribution is 2.31. The van der Waals surface area contributed by atoms with Crippen molar-refractivity contribution >= 4 is 23.4 Å². The average molecular weight is 245 g/mol. The second kappa shape index (κ2) is 4.93. The van der Waals surface area contributed by atoms with Gasteiger partial charge in [-0.25, -0.2) is 4.79 Å². The number of nitrogen functional groups attached to an aromatic ring is 1. The van der Waals surface area contributed by atoms with Gasteiger partial charge in [-0.3, -0.25) is 0 Å². The number of hydrogen-bond acceptors (Lipinski definition) is 3. The van der Waals surface area contributed by atoms with Crippen molar-refractivity contribution in [2.24, 2.45) is 0 Å². The number of anilines is 1. The molecular formula is C13H11NO2S. The fraction of sp³-hybridized carbons (Fsp3) is 0. The quantitative estimate of drug-likeness (QED) is 0.815. The standard InChI is InChI=1S/C13H11NO2S/c14-9-6-7-11(13(15)16)12(8-9)17-10-4-2-1-3-5-10/h1-8H,14H2,(H,15,16). The zero-order valence-corrected chi connectivity index (χ0v) is 9.78. The second-order valence-electron chi connectivity index (χ2n) is 3.48. The summed E-state index contributed by atoms with van der Waals surface area (Å²) in [5.74, 6) is -0.941. The van der Waals surface area contributed by atoms with Gasteiger partial charge < -0.3 is 10.8 Å². The Kier molecular flexibility index (Phi) is 3.35. The van der Waals surface area contributed by atoms with Crippen molar-refractivity contribution in [3.63, 3.8) is 0 Å². The molecule has 0 aliphatic heterocycles. The summed E-state index contributed by atoms with van der Waals surface area (Å²) in [5, 5.41) is 9.08. The summed E-state index contributed by atoms with van der Waals surface area (Å²) in [4.78, 5) is 12.7. The molecule has 17 heavy (non-hydrogen) atoms. The normalized spacial score (nSPS) is 10.1. The van der Waals surface area contributed by atoms with Crippen LogP contribution in [0.4, 0.5) is 5.69 Å². The zero-order chi connectivity index (χ0) is 12.3. The number of carboxylic acids is 1. The Morgan fingerprint density at radius 3 is 2.47 bits per heavy atom. The highest BCUT2D eigenvalue weighted by molar-refractivity contribution is 7.99. The van der Waals surface area contributed by atoms with Crippen LogP contribution in [0.15, 0.2) is 58.3 Å². The molecule has 2 aromatic carbocycles. The Morgan fingerprint density at radius 2 is 1.82 bits per heavy atom. The van der Waals surface area contributed by atoms with Crippen LogP contribution in [0.25, 0.3) is 0 Å². The van der Waals surface area contributed by atoms with E-state index in [-0.39, 0.29) is 5.56 Å². The molecule has 3 nitrogen and oxygen atoms in total. The molecule has 2 aromatic rings. The van der Waals surface area contributed by atoms with Gasteiger partial charge in [0.05, 0.1) is 5.56 Å². The molecule has 0 heterocycles. The molecule has 0 aliphatic carbocycles. The van der Waals surface area contributed by atoms with Crippen LogP contribution >= 0.6 is 11.8 Å². The predicted octanol–water partition coefficient (Wildman–Crippen LogP) is 3.12. The molecule has 4 heteroatoms. The zero-order valence-electron chi connectivity index (χ0n) is 8.96. The van der Waals surface area contributed by atoms with E-state index in [2.05, 4.69) is 0 Å². The first kappa shape index (κ1) is 11.5. The van der Waals surface area contributed by atoms with E-state index in [0.717, 1.165) is 4.90 Å². The lowest BCUT2D eigenvalue weighted by molar-refractivity contribution is 0.0693. The van der Waals surface area contributed by atoms with Crippen LogP contribution in [0.5, 0.6) is 0 Å². The Labute approximate surface area is 103 Å². The molecule has 0 saturated carbocycles. The Hall–Kier alpha value is -1.94. The molecule has 0 radical (unpaired) electrons. The smallest absolute Gasteiger partial charge is 0.336 e. The van der Waals surface area contributed by atoms with Gasteiger partial charge in [-0.1, -0.05) is 30.0 Å². The monoisotopic (exact) mass is 245 g/mol. The first-order chi connectivity index (χ1) is 8.16. The molecule has 2 rings (SSSR count). The number of carboxylic acid groups (broad SMARTS) is 1. The van der Waals surface area contributed by atoms with E-state index >= 15 is 0 Å². The number of rotatable bonds is 3. The maximum Gasteiger partial charge on any atom is 0.336 e. The number of carbonyl (C=O) groups is 1. The molecule has 86 valence electrons. The largest absolute Gasteiger partial charge is 0.478 e. The topological polar surface area (TPSA) is 63.3 Å². The maximum absolute atomic E-state index is 11.1. The van der Waals surface area contributed by atoms with Crippen molar-refractivity contribution < 1.29 is 9.90 Å². The fourth-order valence-corrected chi connectivity index (χ4v) is 2.42. The van der Waals surface area contributed by atoms with Gasteiger partial charge in [-0.05, 0) is 30.3 Å². The van der Waals surface area contributed by atoms with E-state index in [4.69, 9.17) is 10.8 Å². The molecule has 0 amide bonds. The van der Waals surface area contributed by atoms with Gasteiger partial charge in [0.2, 0.25) is 0 Å². The summed E-state index contributed by atoms with van der Waals surface area (Å²) in [6, 6.07) is 14.4. The van der Waals surface area contributed by atoms with E-state index in [9.17, 15) is 4.79 Å². The van der Waals surface area contributed by atoms with Gasteiger partial charge in [-0.15, -0.1) is 0 Å². The molecule has 0 saturated heterocycles. The van der Waals surface area contributed by atoms with Crippen molar-refractivity contribution in [2.75, 3.05) is 5.73 Å². The lowest BCUT2D eigenvalue weighted by atomic mass is 10.2. The molecule has 0 aromatic heterocycles. The van der Waals surface area contributed by atoms with Crippen molar-refractivity contribution in [3.8, 4) is 0 Å². The van der Waals surface area contributed by atoms with Gasteiger partial charge in [0.1, 0.15) is 0 Å². The van der Waals surface area contributed by atoms with Gasteiger partial charge in [0.15, 0.2) is 0 Å². The van der Waals surface area contributed by atoms with E-state index < -0.39 is 5.97 Å². The Bertz CT molecular complexity index is 540. The molecule has 0 aliphatic rings. The summed E-state index contributed by atoms with van der Waals surface area (Å²) < 4.78 is 0. The molecular weight excluding hydrogens is 234 g/mol. The van der Waals surface area contributed by atoms with Crippen molar-refractivity contribution in [2.45, 2.75) is 9.79 Å². The first-order valence-electron chi connectivity index (χ1n) is 5.02. The molecule has 0 unspecified atom stereocenters. The molecule has 0 fully saturated rings. The van der Waals surface area contributed by atoms with Crippen LogP contribution in [0.2, 0.25) is 0 Å². The lowest BCUT2D eigenvalue weighted by Gasteiger charge is -2.06. The Morgan fingerprint density at radius 1 is 1.12 bits per heavy atom. The van der Waals surface area contributed by atoms with Crippen LogP contribution in [0, 0.1) is 0 Å². The SMILES string of the molecule is Nc1ccc(C(=O)O)c(Sc2ccccc2)c1. The van der Waals surface area contributed by atoms with Gasteiger partial charge in [0.25, 0.3) is 0 Å². The third-order valence-corrected chi connectivity index (χ3v) is 3.27. The lowest BCUT2D eigenvalue weighted by Crippen LogP contribution is -1.99. The second-order valence-corrected chi connectivity index (χ2v) is 4.59. The Balaban J connectivity index is 2.37. The van der Waals surface area contributed by atoms with Crippen molar-refractivity contribution in [1.82, 2.24) is 0 Å². The molecule has 3 N–H and O–H groups in total. The molecule has 0 spiro atoms. The highest BCUT2D eigenvalue weighted by atomic mass is 32.2. The third-order valence-electron chi connectivity index (χ3n) is 2.21. The van der Waals surface area contributed by atoms with Crippen LogP contribution < -0.4 is 5.73 Å². The predicted molar refractivity (Wildman–Crippen MR) is 68.4 cm³/mol. The summed E-state index contributed by atoms with van der Waals surface area (Å²) in [6.07, 6.45) is 0. The number of nitrogens with two attached hydrogens (primary N) is 1. The van der Waals surface area contributed by atoms with E-state index in [1.807, 2.05) is 30.3 Å². The number of aromatic carboxylic acids is 1. The van der Waals surface area contributed by atoms with Gasteiger partial charge in [0, 0.05) is 15.5 Å². The van der Waals surface area contributed by atoms with Crippen molar-refractivity contribution in [3.05, 3.63) is 54.1 Å². The van der Waals surface area contributed by atoms with Gasteiger partial charge in [-0.2, -0.15) is 0 Å². The van der Waals surface area contributed by atoms with Gasteiger partial charge >= 0.3 is 5.97 Å². The summed E-state index contributed by atoms with van der Waals surface area (Å²) in [6.45, 7) is 0. The minimum absolute atomic E-state index is 0.271. The van der Waals surface area contributed by atoms with E-state index in [0.29, 0.717) is 10.6 Å². The molecule has 0 atom stereocenters. The first-order valence-corrected chi connectivity index (χ1v) is 5.84. The third kappa shape index (κ3) is 2.79. The average Bonchev–Trinajstić information content (AvgIpc) is 2.30.